The first kappa shape index (κ1) is 8.10. The molecule has 0 radical (unpaired) electrons. The van der Waals surface area contributed by atoms with Gasteiger partial charge in [0.25, 0.3) is 0 Å². The number of urea groups is 1. The van der Waals surface area contributed by atoms with Crippen molar-refractivity contribution in [3.05, 3.63) is 11.8 Å². The maximum atomic E-state index is 11.2. The third kappa shape index (κ3) is 2.21. The number of nitrogens with one attached hydrogen (secondary N) is 2. The van der Waals surface area contributed by atoms with E-state index < -0.39 is 0 Å². The van der Waals surface area contributed by atoms with Crippen molar-refractivity contribution < 1.29 is 9.32 Å². The van der Waals surface area contributed by atoms with Crippen LogP contribution in [0.2, 0.25) is 0 Å². The molecule has 0 aromatic carbocycles. The second-order valence-corrected chi connectivity index (χ2v) is 3.20. The number of hydrogen-bond donors (Lipinski definition) is 2. The Morgan fingerprint density at radius 1 is 1.69 bits per heavy atom. The molecule has 1 saturated carbocycles. The van der Waals surface area contributed by atoms with Crippen LogP contribution in [0.25, 0.3) is 0 Å². The number of anilines is 1. The van der Waals surface area contributed by atoms with Crippen molar-refractivity contribution in [2.24, 2.45) is 0 Å². The molecule has 1 fully saturated rings. The van der Waals surface area contributed by atoms with Crippen LogP contribution in [-0.2, 0) is 0 Å². The third-order valence-corrected chi connectivity index (χ3v) is 1.78. The lowest BCUT2D eigenvalue weighted by molar-refractivity contribution is 0.251. The Labute approximate surface area is 75.5 Å². The second-order valence-electron chi connectivity index (χ2n) is 3.20. The van der Waals surface area contributed by atoms with Gasteiger partial charge in [-0.3, -0.25) is 5.32 Å². The minimum Gasteiger partial charge on any atom is -0.360 e. The Hall–Kier alpha value is -1.52. The molecule has 5 nitrogen and oxygen atoms in total. The van der Waals surface area contributed by atoms with Crippen molar-refractivity contribution in [2.45, 2.75) is 25.8 Å². The lowest BCUT2D eigenvalue weighted by Gasteiger charge is -2.01. The maximum Gasteiger partial charge on any atom is 0.320 e. The first-order valence-electron chi connectivity index (χ1n) is 4.25. The number of rotatable bonds is 2. The van der Waals surface area contributed by atoms with Crippen LogP contribution in [0.5, 0.6) is 0 Å². The van der Waals surface area contributed by atoms with Gasteiger partial charge in [0.2, 0.25) is 0 Å². The highest BCUT2D eigenvalue weighted by Gasteiger charge is 2.23. The van der Waals surface area contributed by atoms with Gasteiger partial charge < -0.3 is 9.84 Å². The van der Waals surface area contributed by atoms with E-state index in [2.05, 4.69) is 15.8 Å². The zero-order valence-corrected chi connectivity index (χ0v) is 7.33. The summed E-state index contributed by atoms with van der Waals surface area (Å²) < 4.78 is 4.79. The van der Waals surface area contributed by atoms with E-state index in [1.807, 2.05) is 0 Å². The monoisotopic (exact) mass is 181 g/mol. The molecule has 1 aliphatic carbocycles. The molecule has 0 bridgehead atoms. The molecule has 1 aliphatic rings. The Bertz CT molecular complexity index is 317. The van der Waals surface area contributed by atoms with Gasteiger partial charge >= 0.3 is 6.03 Å². The van der Waals surface area contributed by atoms with Gasteiger partial charge in [-0.15, -0.1) is 0 Å². The van der Waals surface area contributed by atoms with Crippen LogP contribution in [0.1, 0.15) is 18.6 Å². The molecule has 1 aromatic heterocycles. The molecule has 0 unspecified atom stereocenters. The van der Waals surface area contributed by atoms with E-state index in [-0.39, 0.29) is 6.03 Å². The average molecular weight is 181 g/mol. The summed E-state index contributed by atoms with van der Waals surface area (Å²) in [4.78, 5) is 11.2. The van der Waals surface area contributed by atoms with E-state index in [1.54, 1.807) is 13.0 Å². The van der Waals surface area contributed by atoms with Crippen LogP contribution in [0, 0.1) is 6.92 Å². The highest BCUT2D eigenvalue weighted by atomic mass is 16.5. The van der Waals surface area contributed by atoms with Crippen LogP contribution in [0.3, 0.4) is 0 Å². The highest BCUT2D eigenvalue weighted by Crippen LogP contribution is 2.18. The smallest absolute Gasteiger partial charge is 0.320 e. The van der Waals surface area contributed by atoms with E-state index in [4.69, 9.17) is 4.52 Å². The number of hydrogen-bond acceptors (Lipinski definition) is 3. The molecule has 0 saturated heterocycles. The van der Waals surface area contributed by atoms with Gasteiger partial charge in [-0.2, -0.15) is 0 Å². The Morgan fingerprint density at radius 3 is 3.00 bits per heavy atom. The zero-order valence-electron chi connectivity index (χ0n) is 7.33. The van der Waals surface area contributed by atoms with E-state index in [0.29, 0.717) is 17.6 Å². The van der Waals surface area contributed by atoms with Crippen LogP contribution in [0.15, 0.2) is 10.6 Å². The number of carbonyl (C=O) groups excluding carboxylic acids is 1. The first-order valence-corrected chi connectivity index (χ1v) is 4.25. The molecule has 5 heteroatoms. The molecule has 70 valence electrons. The summed E-state index contributed by atoms with van der Waals surface area (Å²) in [6, 6.07) is 1.82. The fraction of sp³-hybridized carbons (Fsp3) is 0.500. The van der Waals surface area contributed by atoms with Crippen molar-refractivity contribution in [1.29, 1.82) is 0 Å². The molecule has 2 N–H and O–H groups in total. The molecule has 0 atom stereocenters. The fourth-order valence-corrected chi connectivity index (χ4v) is 0.991. The SMILES string of the molecule is Cc1cc(NC(=O)NC2CC2)no1. The third-order valence-electron chi connectivity index (χ3n) is 1.78. The standard InChI is InChI=1S/C8H11N3O2/c1-5-4-7(11-13-5)10-8(12)9-6-2-3-6/h4,6H,2-3H2,1H3,(H2,9,10,11,12). The number of carbonyl (C=O) groups is 1. The zero-order chi connectivity index (χ0) is 9.26. The van der Waals surface area contributed by atoms with E-state index in [9.17, 15) is 4.79 Å². The quantitative estimate of drug-likeness (QED) is 0.721. The number of aromatic nitrogens is 1. The second kappa shape index (κ2) is 3.08. The number of amides is 2. The summed E-state index contributed by atoms with van der Waals surface area (Å²) in [5.74, 6) is 1.14. The normalized spacial score (nSPS) is 15.5. The van der Waals surface area contributed by atoms with E-state index in [1.165, 1.54) is 0 Å². The molecule has 0 aliphatic heterocycles. The largest absolute Gasteiger partial charge is 0.360 e. The number of nitrogens with zero attached hydrogens (tertiary/aromatic N) is 1. The summed E-state index contributed by atoms with van der Waals surface area (Å²) in [5, 5.41) is 9.00. The van der Waals surface area contributed by atoms with Crippen LogP contribution in [-0.4, -0.2) is 17.2 Å². The van der Waals surface area contributed by atoms with Crippen LogP contribution >= 0.6 is 0 Å². The molecule has 2 amide bonds. The van der Waals surface area contributed by atoms with Crippen LogP contribution < -0.4 is 10.6 Å². The van der Waals surface area contributed by atoms with Gasteiger partial charge in [-0.25, -0.2) is 4.79 Å². The van der Waals surface area contributed by atoms with Gasteiger partial charge in [-0.05, 0) is 19.8 Å². The average Bonchev–Trinajstić information content (AvgIpc) is 2.76. The lowest BCUT2D eigenvalue weighted by Crippen LogP contribution is -2.30. The maximum absolute atomic E-state index is 11.2. The lowest BCUT2D eigenvalue weighted by atomic mass is 10.5. The van der Waals surface area contributed by atoms with Gasteiger partial charge in [-0.1, -0.05) is 5.16 Å². The summed E-state index contributed by atoms with van der Waals surface area (Å²) in [7, 11) is 0. The van der Waals surface area contributed by atoms with Crippen molar-refractivity contribution in [3.8, 4) is 0 Å². The summed E-state index contributed by atoms with van der Waals surface area (Å²) in [6.07, 6.45) is 2.15. The highest BCUT2D eigenvalue weighted by molar-refractivity contribution is 5.88. The van der Waals surface area contributed by atoms with Crippen molar-refractivity contribution >= 4 is 11.8 Å². The van der Waals surface area contributed by atoms with Gasteiger partial charge in [0.15, 0.2) is 5.82 Å². The topological polar surface area (TPSA) is 67.2 Å². The molecular formula is C8H11N3O2. The summed E-state index contributed by atoms with van der Waals surface area (Å²) >= 11 is 0. The minimum absolute atomic E-state index is 0.212. The minimum atomic E-state index is -0.212. The molecule has 2 rings (SSSR count). The van der Waals surface area contributed by atoms with Crippen molar-refractivity contribution in [1.82, 2.24) is 10.5 Å². The van der Waals surface area contributed by atoms with E-state index in [0.717, 1.165) is 12.8 Å². The molecule has 1 aromatic rings. The van der Waals surface area contributed by atoms with Crippen molar-refractivity contribution in [3.63, 3.8) is 0 Å². The first-order chi connectivity index (χ1) is 6.24. The predicted octanol–water partition coefficient (Wildman–Crippen LogP) is 1.27. The summed E-state index contributed by atoms with van der Waals surface area (Å²) in [5.41, 5.74) is 0. The Morgan fingerprint density at radius 2 is 2.46 bits per heavy atom. The van der Waals surface area contributed by atoms with Gasteiger partial charge in [0.1, 0.15) is 5.76 Å². The van der Waals surface area contributed by atoms with Crippen LogP contribution in [0.4, 0.5) is 10.6 Å². The number of aryl methyl sites for hydroxylation is 1. The van der Waals surface area contributed by atoms with Crippen molar-refractivity contribution in [2.75, 3.05) is 5.32 Å². The summed E-state index contributed by atoms with van der Waals surface area (Å²) in [6.45, 7) is 1.77. The Kier molecular flexibility index (Phi) is 1.92. The molecule has 0 spiro atoms. The van der Waals surface area contributed by atoms with Gasteiger partial charge in [0.05, 0.1) is 0 Å². The van der Waals surface area contributed by atoms with E-state index >= 15 is 0 Å². The Balaban J connectivity index is 1.85. The van der Waals surface area contributed by atoms with Gasteiger partial charge in [0, 0.05) is 12.1 Å². The molecule has 13 heavy (non-hydrogen) atoms. The molecule has 1 heterocycles. The predicted molar refractivity (Wildman–Crippen MR) is 46.4 cm³/mol. The molecular weight excluding hydrogens is 170 g/mol. The fourth-order valence-electron chi connectivity index (χ4n) is 0.991.